The predicted molar refractivity (Wildman–Crippen MR) is 93.7 cm³/mol. The largest absolute Gasteiger partial charge is 0.573 e. The predicted octanol–water partition coefficient (Wildman–Crippen LogP) is 7.04. The third-order valence-electron chi connectivity index (χ3n) is 4.21. The van der Waals surface area contributed by atoms with Gasteiger partial charge in [-0.15, -0.1) is 13.2 Å². The first kappa shape index (κ1) is 22.4. The molecule has 0 radical (unpaired) electrons. The summed E-state index contributed by atoms with van der Waals surface area (Å²) in [4.78, 5) is 1.61. The van der Waals surface area contributed by atoms with Gasteiger partial charge in [-0.2, -0.15) is 13.2 Å². The Bertz CT molecular complexity index is 916. The maximum atomic E-state index is 14.2. The van der Waals surface area contributed by atoms with Crippen LogP contribution in [-0.4, -0.2) is 19.5 Å². The van der Waals surface area contributed by atoms with Crippen molar-refractivity contribution < 1.29 is 44.6 Å². The van der Waals surface area contributed by atoms with Gasteiger partial charge < -0.3 is 14.4 Å². The van der Waals surface area contributed by atoms with Crippen molar-refractivity contribution in [2.45, 2.75) is 25.4 Å². The summed E-state index contributed by atoms with van der Waals surface area (Å²) in [7, 11) is 0. The van der Waals surface area contributed by atoms with Crippen molar-refractivity contribution in [1.29, 1.82) is 0 Å². The van der Waals surface area contributed by atoms with Crippen LogP contribution in [-0.2, 0) is 6.18 Å². The molecule has 2 aromatic rings. The summed E-state index contributed by atoms with van der Waals surface area (Å²) < 4.78 is 113. The normalized spacial score (nSPS) is 14.9. The summed E-state index contributed by atoms with van der Waals surface area (Å²) in [5.41, 5.74) is -1.50. The smallest absolute Gasteiger partial charge is 0.448 e. The van der Waals surface area contributed by atoms with Gasteiger partial charge >= 0.3 is 12.5 Å². The van der Waals surface area contributed by atoms with E-state index in [1.165, 1.54) is 0 Å². The molecule has 1 aliphatic rings. The first-order valence-corrected chi connectivity index (χ1v) is 9.23. The Balaban J connectivity index is 2.05. The van der Waals surface area contributed by atoms with E-state index in [4.69, 9.17) is 4.74 Å². The van der Waals surface area contributed by atoms with Gasteiger partial charge in [0.15, 0.2) is 23.1 Å². The number of hydrogen-bond acceptors (Lipinski definition) is 3. The van der Waals surface area contributed by atoms with Gasteiger partial charge in [-0.05, 0) is 47.0 Å². The zero-order chi connectivity index (χ0) is 22.3. The molecule has 1 saturated heterocycles. The van der Waals surface area contributed by atoms with Gasteiger partial charge in [-0.25, -0.2) is 8.78 Å². The molecule has 0 atom stereocenters. The minimum Gasteiger partial charge on any atom is -0.448 e. The molecule has 1 fully saturated rings. The van der Waals surface area contributed by atoms with Crippen LogP contribution in [0.2, 0.25) is 0 Å². The van der Waals surface area contributed by atoms with E-state index in [0.717, 1.165) is 12.1 Å². The van der Waals surface area contributed by atoms with Crippen LogP contribution in [0.1, 0.15) is 18.4 Å². The molecule has 1 aliphatic heterocycles. The third-order valence-corrected chi connectivity index (χ3v) is 4.80. The van der Waals surface area contributed by atoms with Crippen LogP contribution in [0.3, 0.4) is 0 Å². The van der Waals surface area contributed by atoms with Crippen LogP contribution in [0, 0.1) is 11.6 Å². The minimum absolute atomic E-state index is 0.0415. The second-order valence-corrected chi connectivity index (χ2v) is 7.22. The Kier molecular flexibility index (Phi) is 6.08. The highest BCUT2D eigenvalue weighted by atomic mass is 79.9. The van der Waals surface area contributed by atoms with E-state index in [1.807, 2.05) is 0 Å². The van der Waals surface area contributed by atoms with Crippen LogP contribution in [0.4, 0.5) is 40.8 Å². The number of hydrogen-bond donors (Lipinski definition) is 0. The summed E-state index contributed by atoms with van der Waals surface area (Å²) >= 11 is 2.98. The molecule has 0 amide bonds. The maximum absolute atomic E-state index is 14.2. The van der Waals surface area contributed by atoms with Gasteiger partial charge in [0.2, 0.25) is 0 Å². The summed E-state index contributed by atoms with van der Waals surface area (Å²) in [6, 6.07) is 2.01. The molecule has 30 heavy (non-hydrogen) atoms. The Labute approximate surface area is 173 Å². The van der Waals surface area contributed by atoms with Gasteiger partial charge in [-0.3, -0.25) is 0 Å². The molecule has 0 aromatic heterocycles. The van der Waals surface area contributed by atoms with E-state index in [0.29, 0.717) is 25.9 Å². The molecule has 164 valence electrons. The van der Waals surface area contributed by atoms with Gasteiger partial charge in [0.1, 0.15) is 5.75 Å². The lowest BCUT2D eigenvalue weighted by atomic mass is 10.2. The lowest BCUT2D eigenvalue weighted by Gasteiger charge is -2.24. The number of ether oxygens (including phenoxy) is 2. The Morgan fingerprint density at radius 3 is 1.90 bits per heavy atom. The van der Waals surface area contributed by atoms with Crippen molar-refractivity contribution >= 4 is 21.6 Å². The number of rotatable bonds is 4. The van der Waals surface area contributed by atoms with Crippen LogP contribution >= 0.6 is 15.9 Å². The van der Waals surface area contributed by atoms with E-state index in [1.54, 1.807) is 4.90 Å². The number of benzene rings is 2. The monoisotopic (exact) mass is 505 g/mol. The summed E-state index contributed by atoms with van der Waals surface area (Å²) in [6.07, 6.45) is -8.53. The quantitative estimate of drug-likeness (QED) is 0.416. The van der Waals surface area contributed by atoms with Gasteiger partial charge in [-0.1, -0.05) is 0 Å². The molecule has 3 rings (SSSR count). The summed E-state index contributed by atoms with van der Waals surface area (Å²) in [6.45, 7) is 0.854. The molecular weight excluding hydrogens is 494 g/mol. The molecule has 12 heteroatoms. The van der Waals surface area contributed by atoms with Gasteiger partial charge in [0.05, 0.1) is 15.7 Å². The highest BCUT2D eigenvalue weighted by molar-refractivity contribution is 9.10. The molecule has 0 aliphatic carbocycles. The fraction of sp³-hybridized carbons (Fsp3) is 0.333. The lowest BCUT2D eigenvalue weighted by molar-refractivity contribution is -0.274. The number of halogens is 9. The fourth-order valence-electron chi connectivity index (χ4n) is 2.96. The topological polar surface area (TPSA) is 21.7 Å². The summed E-state index contributed by atoms with van der Waals surface area (Å²) in [5, 5.41) is 0. The third kappa shape index (κ3) is 5.08. The van der Waals surface area contributed by atoms with Crippen LogP contribution < -0.4 is 14.4 Å². The Morgan fingerprint density at radius 1 is 0.833 bits per heavy atom. The zero-order valence-corrected chi connectivity index (χ0v) is 16.4. The molecule has 0 saturated carbocycles. The number of nitrogens with zero attached hydrogens (tertiary/aromatic N) is 1. The highest BCUT2D eigenvalue weighted by Gasteiger charge is 2.34. The maximum Gasteiger partial charge on any atom is 0.573 e. The van der Waals surface area contributed by atoms with Crippen molar-refractivity contribution in [1.82, 2.24) is 0 Å². The Morgan fingerprint density at radius 2 is 1.40 bits per heavy atom. The highest BCUT2D eigenvalue weighted by Crippen LogP contribution is 2.45. The molecule has 2 aromatic carbocycles. The zero-order valence-electron chi connectivity index (χ0n) is 14.8. The second-order valence-electron chi connectivity index (χ2n) is 6.36. The molecular formula is C18H12BrF8NO2. The molecule has 0 spiro atoms. The molecule has 0 unspecified atom stereocenters. The molecule has 0 bridgehead atoms. The lowest BCUT2D eigenvalue weighted by Crippen LogP contribution is -2.20. The van der Waals surface area contributed by atoms with Crippen molar-refractivity contribution in [2.75, 3.05) is 18.0 Å². The van der Waals surface area contributed by atoms with E-state index in [-0.39, 0.29) is 28.0 Å². The van der Waals surface area contributed by atoms with Crippen LogP contribution in [0.5, 0.6) is 17.2 Å². The Hall–Kier alpha value is -2.24. The molecule has 0 N–H and O–H groups in total. The molecule has 1 heterocycles. The van der Waals surface area contributed by atoms with E-state index < -0.39 is 41.2 Å². The van der Waals surface area contributed by atoms with Crippen molar-refractivity contribution in [3.8, 4) is 17.2 Å². The van der Waals surface area contributed by atoms with Crippen LogP contribution in [0.25, 0.3) is 0 Å². The fourth-order valence-corrected chi connectivity index (χ4v) is 3.47. The van der Waals surface area contributed by atoms with Crippen molar-refractivity contribution in [2.24, 2.45) is 0 Å². The second kappa shape index (κ2) is 8.12. The van der Waals surface area contributed by atoms with E-state index >= 15 is 0 Å². The number of alkyl halides is 6. The van der Waals surface area contributed by atoms with Gasteiger partial charge in [0, 0.05) is 19.2 Å². The van der Waals surface area contributed by atoms with E-state index in [2.05, 4.69) is 20.7 Å². The average Bonchev–Trinajstić information content (AvgIpc) is 3.11. The number of anilines is 1. The first-order valence-electron chi connectivity index (χ1n) is 8.43. The van der Waals surface area contributed by atoms with Crippen molar-refractivity contribution in [3.05, 3.63) is 45.9 Å². The average molecular weight is 506 g/mol. The SMILES string of the molecule is Fc1cc(C(F)(F)F)cc(F)c1Oc1c(Br)cc(OC(F)(F)F)cc1N1CCCC1. The first-order chi connectivity index (χ1) is 13.8. The standard InChI is InChI=1S/C18H12BrF8NO2/c19-11-7-10(30-18(25,26)27)8-14(28-3-1-2-4-28)15(11)29-16-12(20)5-9(6-13(16)21)17(22,23)24/h5-8H,1-4H2. The minimum atomic E-state index is -4.98. The summed E-state index contributed by atoms with van der Waals surface area (Å²) in [5.74, 6) is -5.20. The van der Waals surface area contributed by atoms with Gasteiger partial charge in [0.25, 0.3) is 0 Å². The van der Waals surface area contributed by atoms with Crippen molar-refractivity contribution in [3.63, 3.8) is 0 Å². The molecule has 3 nitrogen and oxygen atoms in total. The van der Waals surface area contributed by atoms with Crippen LogP contribution in [0.15, 0.2) is 28.7 Å². The van der Waals surface area contributed by atoms with E-state index in [9.17, 15) is 35.1 Å².